The summed E-state index contributed by atoms with van der Waals surface area (Å²) in [6, 6.07) is 10.0. The van der Waals surface area contributed by atoms with E-state index in [1.807, 2.05) is 51.1 Å². The summed E-state index contributed by atoms with van der Waals surface area (Å²) in [5.74, 6) is -1.35. The van der Waals surface area contributed by atoms with E-state index in [0.29, 0.717) is 26.4 Å². The van der Waals surface area contributed by atoms with Crippen molar-refractivity contribution in [2.24, 2.45) is 11.8 Å². The minimum Gasteiger partial charge on any atom is -0.466 e. The molecule has 1 aromatic rings. The van der Waals surface area contributed by atoms with Crippen LogP contribution in [0.2, 0.25) is 0 Å². The lowest BCUT2D eigenvalue weighted by Crippen LogP contribution is -2.52. The van der Waals surface area contributed by atoms with Gasteiger partial charge in [0.1, 0.15) is 5.92 Å². The number of rotatable bonds is 7. The molecular weight excluding hydrogens is 308 g/mol. The van der Waals surface area contributed by atoms with E-state index in [1.165, 1.54) is 0 Å². The Balaban J connectivity index is 1.94. The molecule has 0 aliphatic carbocycles. The molecule has 0 saturated carbocycles. The maximum atomic E-state index is 12.2. The monoisotopic (exact) mass is 336 g/mol. The maximum absolute atomic E-state index is 12.2. The molecule has 1 aliphatic rings. The Hall–Kier alpha value is -1.43. The molecule has 0 spiro atoms. The largest absolute Gasteiger partial charge is 0.466 e. The van der Waals surface area contributed by atoms with Gasteiger partial charge in [0.05, 0.1) is 32.5 Å². The first-order valence-corrected chi connectivity index (χ1v) is 8.53. The van der Waals surface area contributed by atoms with Crippen LogP contribution in [0.3, 0.4) is 0 Å². The topological polar surface area (TPSA) is 54.0 Å². The number of carbonyl (C=O) groups excluding carboxylic acids is 1. The smallest absolute Gasteiger partial charge is 0.313 e. The van der Waals surface area contributed by atoms with Gasteiger partial charge < -0.3 is 18.9 Å². The molecule has 0 unspecified atom stereocenters. The van der Waals surface area contributed by atoms with Crippen molar-refractivity contribution in [3.05, 3.63) is 35.9 Å². The van der Waals surface area contributed by atoms with E-state index >= 15 is 0 Å². The van der Waals surface area contributed by atoms with E-state index in [9.17, 15) is 4.79 Å². The molecule has 0 radical (unpaired) electrons. The molecular formula is C19H28O5. The van der Waals surface area contributed by atoms with Crippen LogP contribution in [0.25, 0.3) is 0 Å². The molecule has 0 bridgehead atoms. The van der Waals surface area contributed by atoms with Crippen LogP contribution < -0.4 is 0 Å². The van der Waals surface area contributed by atoms with Crippen molar-refractivity contribution in [2.45, 2.75) is 46.2 Å². The summed E-state index contributed by atoms with van der Waals surface area (Å²) in [7, 11) is 0. The SMILES string of the molecule is CCOC(=O)[C@H]1COC(C)(C)O[C@H]1[C@@H](C)COCc1ccccc1. The lowest BCUT2D eigenvalue weighted by Gasteiger charge is -2.42. The molecule has 24 heavy (non-hydrogen) atoms. The van der Waals surface area contributed by atoms with Crippen molar-refractivity contribution in [1.29, 1.82) is 0 Å². The van der Waals surface area contributed by atoms with Gasteiger partial charge in [0, 0.05) is 5.92 Å². The number of hydrogen-bond acceptors (Lipinski definition) is 5. The van der Waals surface area contributed by atoms with Crippen LogP contribution in [0.5, 0.6) is 0 Å². The second kappa shape index (κ2) is 8.60. The van der Waals surface area contributed by atoms with Crippen LogP contribution in [0.1, 0.15) is 33.3 Å². The van der Waals surface area contributed by atoms with Crippen LogP contribution in [0.15, 0.2) is 30.3 Å². The number of esters is 1. The molecule has 0 N–H and O–H groups in total. The highest BCUT2D eigenvalue weighted by molar-refractivity contribution is 5.73. The summed E-state index contributed by atoms with van der Waals surface area (Å²) in [6.45, 7) is 9.26. The molecule has 1 heterocycles. The van der Waals surface area contributed by atoms with Crippen molar-refractivity contribution >= 4 is 5.97 Å². The highest BCUT2D eigenvalue weighted by Gasteiger charge is 2.43. The highest BCUT2D eigenvalue weighted by atomic mass is 16.7. The summed E-state index contributed by atoms with van der Waals surface area (Å²) < 4.78 is 22.6. The second-order valence-electron chi connectivity index (χ2n) is 6.63. The van der Waals surface area contributed by atoms with Crippen LogP contribution in [0, 0.1) is 11.8 Å². The van der Waals surface area contributed by atoms with Crippen LogP contribution in [-0.4, -0.2) is 37.7 Å². The summed E-state index contributed by atoms with van der Waals surface area (Å²) in [5.41, 5.74) is 1.12. The molecule has 1 aromatic carbocycles. The van der Waals surface area contributed by atoms with Crippen molar-refractivity contribution in [3.8, 4) is 0 Å². The summed E-state index contributed by atoms with van der Waals surface area (Å²) in [4.78, 5) is 12.2. The average molecular weight is 336 g/mol. The van der Waals surface area contributed by atoms with E-state index in [-0.39, 0.29) is 18.0 Å². The van der Waals surface area contributed by atoms with Crippen LogP contribution in [0.4, 0.5) is 0 Å². The average Bonchev–Trinajstić information content (AvgIpc) is 2.55. The molecule has 2 rings (SSSR count). The highest BCUT2D eigenvalue weighted by Crippen LogP contribution is 2.31. The summed E-state index contributed by atoms with van der Waals surface area (Å²) in [5, 5.41) is 0. The zero-order chi connectivity index (χ0) is 17.6. The normalized spacial score (nSPS) is 24.3. The Morgan fingerprint density at radius 2 is 2.04 bits per heavy atom. The van der Waals surface area contributed by atoms with Gasteiger partial charge in [-0.1, -0.05) is 37.3 Å². The minimum atomic E-state index is -0.707. The van der Waals surface area contributed by atoms with Gasteiger partial charge in [-0.15, -0.1) is 0 Å². The fraction of sp³-hybridized carbons (Fsp3) is 0.632. The van der Waals surface area contributed by atoms with Gasteiger partial charge in [0.2, 0.25) is 0 Å². The Labute approximate surface area is 144 Å². The fourth-order valence-electron chi connectivity index (χ4n) is 2.83. The van der Waals surface area contributed by atoms with Crippen molar-refractivity contribution in [2.75, 3.05) is 19.8 Å². The number of benzene rings is 1. The number of carbonyl (C=O) groups is 1. The van der Waals surface area contributed by atoms with E-state index in [0.717, 1.165) is 5.56 Å². The molecule has 1 saturated heterocycles. The molecule has 5 heteroatoms. The molecule has 5 nitrogen and oxygen atoms in total. The van der Waals surface area contributed by atoms with Gasteiger partial charge in [0.25, 0.3) is 0 Å². The zero-order valence-electron chi connectivity index (χ0n) is 15.0. The zero-order valence-corrected chi connectivity index (χ0v) is 15.0. The standard InChI is InChI=1S/C19H28O5/c1-5-22-18(20)16-13-23-19(3,4)24-17(16)14(2)11-21-12-15-9-7-6-8-10-15/h6-10,14,16-17H,5,11-13H2,1-4H3/t14-,16-,17-/m0/s1. The van der Waals surface area contributed by atoms with Crippen molar-refractivity contribution in [3.63, 3.8) is 0 Å². The van der Waals surface area contributed by atoms with Gasteiger partial charge in [-0.25, -0.2) is 0 Å². The van der Waals surface area contributed by atoms with Crippen LogP contribution >= 0.6 is 0 Å². The number of ether oxygens (including phenoxy) is 4. The number of hydrogen-bond donors (Lipinski definition) is 0. The van der Waals surface area contributed by atoms with E-state index in [1.54, 1.807) is 6.92 Å². The predicted molar refractivity (Wildman–Crippen MR) is 90.3 cm³/mol. The molecule has 3 atom stereocenters. The van der Waals surface area contributed by atoms with E-state index in [2.05, 4.69) is 0 Å². The molecule has 0 amide bonds. The second-order valence-corrected chi connectivity index (χ2v) is 6.63. The lowest BCUT2D eigenvalue weighted by atomic mass is 9.91. The van der Waals surface area contributed by atoms with Gasteiger partial charge in [0.15, 0.2) is 5.79 Å². The summed E-state index contributed by atoms with van der Waals surface area (Å²) in [6.07, 6.45) is -0.288. The fourth-order valence-corrected chi connectivity index (χ4v) is 2.83. The third-order valence-electron chi connectivity index (χ3n) is 4.07. The maximum Gasteiger partial charge on any atom is 0.313 e. The van der Waals surface area contributed by atoms with Gasteiger partial charge in [-0.2, -0.15) is 0 Å². The quantitative estimate of drug-likeness (QED) is 0.716. The summed E-state index contributed by atoms with van der Waals surface area (Å²) >= 11 is 0. The third-order valence-corrected chi connectivity index (χ3v) is 4.07. The van der Waals surface area contributed by atoms with E-state index in [4.69, 9.17) is 18.9 Å². The lowest BCUT2D eigenvalue weighted by molar-refractivity contribution is -0.302. The predicted octanol–water partition coefficient (Wildman–Crippen LogP) is 3.17. The molecule has 134 valence electrons. The Morgan fingerprint density at radius 1 is 1.33 bits per heavy atom. The molecule has 1 aliphatic heterocycles. The minimum absolute atomic E-state index is 0.0475. The van der Waals surface area contributed by atoms with Crippen LogP contribution in [-0.2, 0) is 30.3 Å². The van der Waals surface area contributed by atoms with Gasteiger partial charge in [-0.3, -0.25) is 4.79 Å². The van der Waals surface area contributed by atoms with Gasteiger partial charge in [-0.05, 0) is 26.3 Å². The Kier molecular flexibility index (Phi) is 6.78. The first-order valence-electron chi connectivity index (χ1n) is 8.53. The van der Waals surface area contributed by atoms with Crippen molar-refractivity contribution < 1.29 is 23.7 Å². The molecule has 1 fully saturated rings. The third kappa shape index (κ3) is 5.30. The molecule has 0 aromatic heterocycles. The van der Waals surface area contributed by atoms with E-state index < -0.39 is 11.7 Å². The Bertz CT molecular complexity index is 514. The first kappa shape index (κ1) is 18.9. The Morgan fingerprint density at radius 3 is 2.71 bits per heavy atom. The van der Waals surface area contributed by atoms with Crippen molar-refractivity contribution in [1.82, 2.24) is 0 Å². The van der Waals surface area contributed by atoms with Gasteiger partial charge >= 0.3 is 5.97 Å². The first-order chi connectivity index (χ1) is 11.4.